The summed E-state index contributed by atoms with van der Waals surface area (Å²) >= 11 is 0. The summed E-state index contributed by atoms with van der Waals surface area (Å²) in [5, 5.41) is 15.6. The van der Waals surface area contributed by atoms with Gasteiger partial charge in [-0.25, -0.2) is 0 Å². The number of aryl methyl sites for hydroxylation is 3. The highest BCUT2D eigenvalue weighted by atomic mass is 16.3. The Hall–Kier alpha value is -2.14. The number of hydrogen-bond acceptors (Lipinski definition) is 3. The van der Waals surface area contributed by atoms with Crippen molar-refractivity contribution in [2.45, 2.75) is 52.2 Å². The molecule has 1 aliphatic carbocycles. The molecule has 5 heteroatoms. The van der Waals surface area contributed by atoms with Gasteiger partial charge in [0.05, 0.1) is 17.8 Å². The van der Waals surface area contributed by atoms with Gasteiger partial charge in [-0.15, -0.1) is 0 Å². The Labute approximate surface area is 149 Å². The van der Waals surface area contributed by atoms with Gasteiger partial charge in [0.1, 0.15) is 5.60 Å². The highest BCUT2D eigenvalue weighted by Crippen LogP contribution is 2.37. The van der Waals surface area contributed by atoms with Crippen LogP contribution in [0.15, 0.2) is 24.3 Å². The van der Waals surface area contributed by atoms with Crippen molar-refractivity contribution in [1.82, 2.24) is 14.7 Å². The minimum absolute atomic E-state index is 0.0739. The molecule has 2 aromatic rings. The number of amides is 1. The van der Waals surface area contributed by atoms with Crippen LogP contribution in [0.25, 0.3) is 0 Å². The molecule has 25 heavy (non-hydrogen) atoms. The van der Waals surface area contributed by atoms with Crippen LogP contribution >= 0.6 is 0 Å². The fourth-order valence-electron chi connectivity index (χ4n) is 3.92. The van der Waals surface area contributed by atoms with E-state index in [1.54, 1.807) is 11.9 Å². The zero-order chi connectivity index (χ0) is 18.2. The van der Waals surface area contributed by atoms with Gasteiger partial charge in [-0.1, -0.05) is 31.2 Å². The Morgan fingerprint density at radius 1 is 1.36 bits per heavy atom. The predicted molar refractivity (Wildman–Crippen MR) is 97.6 cm³/mol. The number of carbonyl (C=O) groups excluding carboxylic acids is 1. The lowest BCUT2D eigenvalue weighted by atomic mass is 9.95. The second kappa shape index (κ2) is 6.64. The van der Waals surface area contributed by atoms with Crippen molar-refractivity contribution in [2.24, 2.45) is 0 Å². The first-order valence-electron chi connectivity index (χ1n) is 8.97. The lowest BCUT2D eigenvalue weighted by Crippen LogP contribution is -2.41. The average molecular weight is 341 g/mol. The number of likely N-dealkylation sites (N-methyl/N-ethyl adjacent to an activating group) is 1. The molecule has 1 unspecified atom stereocenters. The van der Waals surface area contributed by atoms with E-state index >= 15 is 0 Å². The largest absolute Gasteiger partial charge is 0.383 e. The van der Waals surface area contributed by atoms with Crippen molar-refractivity contribution in [1.29, 1.82) is 0 Å². The number of fused-ring (bicyclic) bond motifs is 1. The van der Waals surface area contributed by atoms with Gasteiger partial charge in [0.15, 0.2) is 0 Å². The van der Waals surface area contributed by atoms with E-state index in [-0.39, 0.29) is 5.91 Å². The van der Waals surface area contributed by atoms with Crippen LogP contribution in [0.4, 0.5) is 0 Å². The molecule has 0 saturated heterocycles. The first-order valence-corrected chi connectivity index (χ1v) is 8.97. The molecule has 5 nitrogen and oxygen atoms in total. The molecule has 0 saturated carbocycles. The Morgan fingerprint density at radius 2 is 2.08 bits per heavy atom. The molecule has 0 bridgehead atoms. The average Bonchev–Trinajstić information content (AvgIpc) is 3.05. The molecule has 1 amide bonds. The minimum atomic E-state index is -0.970. The Bertz CT molecular complexity index is 796. The number of aromatic nitrogens is 2. The Kier molecular flexibility index (Phi) is 4.69. The minimum Gasteiger partial charge on any atom is -0.383 e. The topological polar surface area (TPSA) is 58.4 Å². The molecule has 0 fully saturated rings. The smallest absolute Gasteiger partial charge is 0.257 e. The second-order valence-corrected chi connectivity index (χ2v) is 7.12. The second-order valence-electron chi connectivity index (χ2n) is 7.12. The summed E-state index contributed by atoms with van der Waals surface area (Å²) in [6, 6.07) is 7.96. The van der Waals surface area contributed by atoms with E-state index in [0.29, 0.717) is 18.5 Å². The quantitative estimate of drug-likeness (QED) is 0.910. The third-order valence-corrected chi connectivity index (χ3v) is 5.20. The van der Waals surface area contributed by atoms with Crippen LogP contribution in [-0.2, 0) is 18.6 Å². The molecule has 1 aromatic heterocycles. The number of hydrogen-bond donors (Lipinski definition) is 1. The number of benzene rings is 1. The van der Waals surface area contributed by atoms with Crippen LogP contribution in [0.1, 0.15) is 52.6 Å². The van der Waals surface area contributed by atoms with Crippen LogP contribution < -0.4 is 0 Å². The molecule has 1 aliphatic rings. The summed E-state index contributed by atoms with van der Waals surface area (Å²) in [5.41, 5.74) is 3.46. The van der Waals surface area contributed by atoms with E-state index in [1.165, 1.54) is 5.56 Å². The van der Waals surface area contributed by atoms with Gasteiger partial charge in [0.25, 0.3) is 5.91 Å². The lowest BCUT2D eigenvalue weighted by Gasteiger charge is -2.30. The van der Waals surface area contributed by atoms with Crippen LogP contribution in [-0.4, -0.2) is 39.3 Å². The van der Waals surface area contributed by atoms with Crippen LogP contribution in [0, 0.1) is 13.8 Å². The summed E-state index contributed by atoms with van der Waals surface area (Å²) in [7, 11) is 1.76. The highest BCUT2D eigenvalue weighted by Gasteiger charge is 2.38. The molecule has 1 atom stereocenters. The third-order valence-electron chi connectivity index (χ3n) is 5.20. The third kappa shape index (κ3) is 3.09. The van der Waals surface area contributed by atoms with Crippen LogP contribution in [0.5, 0.6) is 0 Å². The first kappa shape index (κ1) is 17.7. The monoisotopic (exact) mass is 341 g/mol. The number of nitrogens with zero attached hydrogens (tertiary/aromatic N) is 3. The molecule has 134 valence electrons. The summed E-state index contributed by atoms with van der Waals surface area (Å²) in [4.78, 5) is 14.6. The number of carbonyl (C=O) groups is 1. The first-order chi connectivity index (χ1) is 11.9. The maximum absolute atomic E-state index is 13.0. The van der Waals surface area contributed by atoms with Gasteiger partial charge in [0, 0.05) is 19.3 Å². The van der Waals surface area contributed by atoms with Crippen molar-refractivity contribution in [3.8, 4) is 0 Å². The standard InChI is InChI=1S/C20H27N3O2/c1-5-12-23-15(3)18(14(2)21-23)19(24)22(4)13-20(25)11-10-16-8-6-7-9-17(16)20/h6-9,25H,5,10-13H2,1-4H3. The zero-order valence-corrected chi connectivity index (χ0v) is 15.5. The number of rotatable bonds is 5. The summed E-state index contributed by atoms with van der Waals surface area (Å²) in [6.07, 6.45) is 2.47. The summed E-state index contributed by atoms with van der Waals surface area (Å²) in [6.45, 7) is 7.01. The maximum Gasteiger partial charge on any atom is 0.257 e. The Balaban J connectivity index is 1.83. The maximum atomic E-state index is 13.0. The molecule has 0 aliphatic heterocycles. The normalized spacial score (nSPS) is 19.1. The molecule has 1 aromatic carbocycles. The van der Waals surface area contributed by atoms with Gasteiger partial charge >= 0.3 is 0 Å². The molecule has 0 spiro atoms. The molecule has 1 N–H and O–H groups in total. The molecular formula is C20H27N3O2. The summed E-state index contributed by atoms with van der Waals surface area (Å²) < 4.78 is 1.90. The van der Waals surface area contributed by atoms with Crippen molar-refractivity contribution in [3.63, 3.8) is 0 Å². The van der Waals surface area contributed by atoms with E-state index in [4.69, 9.17) is 0 Å². The zero-order valence-electron chi connectivity index (χ0n) is 15.5. The van der Waals surface area contributed by atoms with Crippen molar-refractivity contribution in [2.75, 3.05) is 13.6 Å². The van der Waals surface area contributed by atoms with Gasteiger partial charge in [-0.2, -0.15) is 5.10 Å². The van der Waals surface area contributed by atoms with E-state index < -0.39 is 5.60 Å². The van der Waals surface area contributed by atoms with Gasteiger partial charge in [0.2, 0.25) is 0 Å². The van der Waals surface area contributed by atoms with E-state index in [9.17, 15) is 9.90 Å². The van der Waals surface area contributed by atoms with Gasteiger partial charge in [-0.3, -0.25) is 9.48 Å². The van der Waals surface area contributed by atoms with Crippen molar-refractivity contribution < 1.29 is 9.90 Å². The SMILES string of the molecule is CCCn1nc(C)c(C(=O)N(C)CC2(O)CCc3ccccc32)c1C. The highest BCUT2D eigenvalue weighted by molar-refractivity contribution is 5.96. The molecule has 1 heterocycles. The fraction of sp³-hybridized carbons (Fsp3) is 0.500. The van der Waals surface area contributed by atoms with Crippen molar-refractivity contribution >= 4 is 5.91 Å². The van der Waals surface area contributed by atoms with Gasteiger partial charge < -0.3 is 10.0 Å². The van der Waals surface area contributed by atoms with E-state index in [2.05, 4.69) is 18.1 Å². The number of aliphatic hydroxyl groups is 1. The Morgan fingerprint density at radius 3 is 2.80 bits per heavy atom. The van der Waals surface area contributed by atoms with E-state index in [1.807, 2.05) is 36.7 Å². The van der Waals surface area contributed by atoms with Crippen LogP contribution in [0.3, 0.4) is 0 Å². The molecule has 3 rings (SSSR count). The van der Waals surface area contributed by atoms with E-state index in [0.717, 1.165) is 36.3 Å². The molecular weight excluding hydrogens is 314 g/mol. The summed E-state index contributed by atoms with van der Waals surface area (Å²) in [5.74, 6) is -0.0739. The van der Waals surface area contributed by atoms with Gasteiger partial charge in [-0.05, 0) is 44.2 Å². The predicted octanol–water partition coefficient (Wildman–Crippen LogP) is 2.82. The lowest BCUT2D eigenvalue weighted by molar-refractivity contribution is 0.00800. The van der Waals surface area contributed by atoms with Crippen LogP contribution in [0.2, 0.25) is 0 Å². The fourth-order valence-corrected chi connectivity index (χ4v) is 3.92. The molecule has 0 radical (unpaired) electrons. The van der Waals surface area contributed by atoms with Crippen molar-refractivity contribution in [3.05, 3.63) is 52.3 Å².